The van der Waals surface area contributed by atoms with Gasteiger partial charge in [0, 0.05) is 0 Å². The first-order valence-corrected chi connectivity index (χ1v) is 5.79. The number of nitrogens with one attached hydrogen (secondary N) is 1. The lowest BCUT2D eigenvalue weighted by atomic mass is 10.1. The minimum absolute atomic E-state index is 0.0948. The van der Waals surface area contributed by atoms with E-state index in [9.17, 15) is 14.7 Å². The molecule has 0 heterocycles. The summed E-state index contributed by atoms with van der Waals surface area (Å²) in [6.45, 7) is 3.51. The van der Waals surface area contributed by atoms with Gasteiger partial charge in [-0.05, 0) is 25.0 Å². The second kappa shape index (κ2) is 6.05. The van der Waals surface area contributed by atoms with Gasteiger partial charge in [-0.3, -0.25) is 4.79 Å². The lowest BCUT2D eigenvalue weighted by Gasteiger charge is -2.14. The number of phenolic OH excluding ortho intramolecular Hbond substituents is 1. The molecule has 0 spiro atoms. The summed E-state index contributed by atoms with van der Waals surface area (Å²) in [5.41, 5.74) is 0.669. The number of carboxylic acid groups (broad SMARTS) is 1. The molecule has 0 radical (unpaired) electrons. The van der Waals surface area contributed by atoms with Crippen LogP contribution < -0.4 is 5.32 Å². The van der Waals surface area contributed by atoms with Crippen LogP contribution in [0.3, 0.4) is 0 Å². The van der Waals surface area contributed by atoms with Crippen LogP contribution in [-0.4, -0.2) is 28.1 Å². The molecular formula is C13H17NO4. The molecule has 0 fully saturated rings. The van der Waals surface area contributed by atoms with Crippen LogP contribution in [-0.2, 0) is 4.79 Å². The number of hydrogen-bond donors (Lipinski definition) is 3. The summed E-state index contributed by atoms with van der Waals surface area (Å²) in [7, 11) is 0. The van der Waals surface area contributed by atoms with E-state index in [4.69, 9.17) is 5.11 Å². The molecule has 18 heavy (non-hydrogen) atoms. The van der Waals surface area contributed by atoms with E-state index in [1.807, 2.05) is 6.92 Å². The molecule has 0 aliphatic carbocycles. The van der Waals surface area contributed by atoms with E-state index in [0.717, 1.165) is 0 Å². The monoisotopic (exact) mass is 251 g/mol. The number of aryl methyl sites for hydroxylation is 1. The van der Waals surface area contributed by atoms with Crippen LogP contribution in [0.1, 0.15) is 35.7 Å². The minimum atomic E-state index is -1.07. The zero-order chi connectivity index (χ0) is 13.7. The van der Waals surface area contributed by atoms with E-state index in [2.05, 4.69) is 5.32 Å². The second-order valence-electron chi connectivity index (χ2n) is 4.12. The summed E-state index contributed by atoms with van der Waals surface area (Å²) < 4.78 is 0. The maximum absolute atomic E-state index is 11.9. The Kier molecular flexibility index (Phi) is 4.71. The number of amides is 1. The standard InChI is InChI=1S/C13H17NO4/c1-3-5-10(13(17)18)14-12(16)9-7-4-6-8(2)11(9)15/h4,6-7,10,15H,3,5H2,1-2H3,(H,14,16)(H,17,18)/t10-/m1/s1. The van der Waals surface area contributed by atoms with E-state index in [1.54, 1.807) is 19.1 Å². The summed E-state index contributed by atoms with van der Waals surface area (Å²) in [6.07, 6.45) is 1.00. The van der Waals surface area contributed by atoms with Crippen LogP contribution in [0.4, 0.5) is 0 Å². The number of aliphatic carboxylic acids is 1. The molecule has 0 aromatic heterocycles. The Bertz CT molecular complexity index is 456. The largest absolute Gasteiger partial charge is 0.507 e. The fourth-order valence-corrected chi connectivity index (χ4v) is 1.62. The fraction of sp³-hybridized carbons (Fsp3) is 0.385. The molecule has 0 saturated heterocycles. The molecule has 1 aromatic carbocycles. The Morgan fingerprint density at radius 2 is 2.06 bits per heavy atom. The van der Waals surface area contributed by atoms with Crippen molar-refractivity contribution in [2.75, 3.05) is 0 Å². The van der Waals surface area contributed by atoms with E-state index in [-0.39, 0.29) is 11.3 Å². The molecule has 0 bridgehead atoms. The Morgan fingerprint density at radius 3 is 2.61 bits per heavy atom. The fourth-order valence-electron chi connectivity index (χ4n) is 1.62. The number of carbonyl (C=O) groups is 2. The SMILES string of the molecule is CCC[C@@H](NC(=O)c1cccc(C)c1O)C(=O)O. The van der Waals surface area contributed by atoms with Crippen molar-refractivity contribution < 1.29 is 19.8 Å². The van der Waals surface area contributed by atoms with Gasteiger partial charge in [-0.15, -0.1) is 0 Å². The van der Waals surface area contributed by atoms with E-state index in [0.29, 0.717) is 18.4 Å². The first kappa shape index (κ1) is 14.0. The third-order valence-corrected chi connectivity index (χ3v) is 2.66. The van der Waals surface area contributed by atoms with Crippen molar-refractivity contribution in [3.63, 3.8) is 0 Å². The molecule has 98 valence electrons. The smallest absolute Gasteiger partial charge is 0.326 e. The maximum Gasteiger partial charge on any atom is 0.326 e. The van der Waals surface area contributed by atoms with Crippen LogP contribution in [0.15, 0.2) is 18.2 Å². The number of phenols is 1. The van der Waals surface area contributed by atoms with E-state index < -0.39 is 17.9 Å². The van der Waals surface area contributed by atoms with Crippen molar-refractivity contribution in [2.45, 2.75) is 32.7 Å². The van der Waals surface area contributed by atoms with E-state index in [1.165, 1.54) is 6.07 Å². The number of aromatic hydroxyl groups is 1. The molecule has 1 atom stereocenters. The summed E-state index contributed by atoms with van der Waals surface area (Å²) in [6, 6.07) is 3.84. The number of carboxylic acids is 1. The van der Waals surface area contributed by atoms with Crippen LogP contribution in [0.5, 0.6) is 5.75 Å². The molecule has 3 N–H and O–H groups in total. The Morgan fingerprint density at radius 1 is 1.39 bits per heavy atom. The van der Waals surface area contributed by atoms with Gasteiger partial charge in [0.2, 0.25) is 0 Å². The Balaban J connectivity index is 2.87. The van der Waals surface area contributed by atoms with Crippen molar-refractivity contribution in [3.8, 4) is 5.75 Å². The van der Waals surface area contributed by atoms with Crippen LogP contribution in [0.2, 0.25) is 0 Å². The van der Waals surface area contributed by atoms with Crippen molar-refractivity contribution in [2.24, 2.45) is 0 Å². The molecule has 1 aromatic rings. The van der Waals surface area contributed by atoms with Gasteiger partial charge in [0.25, 0.3) is 5.91 Å². The highest BCUT2D eigenvalue weighted by Crippen LogP contribution is 2.21. The lowest BCUT2D eigenvalue weighted by Crippen LogP contribution is -2.40. The van der Waals surface area contributed by atoms with Gasteiger partial charge < -0.3 is 15.5 Å². The van der Waals surface area contributed by atoms with Crippen molar-refractivity contribution in [1.29, 1.82) is 0 Å². The molecule has 0 unspecified atom stereocenters. The predicted molar refractivity (Wildman–Crippen MR) is 66.6 cm³/mol. The summed E-state index contributed by atoms with van der Waals surface area (Å²) >= 11 is 0. The van der Waals surface area contributed by atoms with E-state index >= 15 is 0 Å². The van der Waals surface area contributed by atoms with Gasteiger partial charge in [-0.1, -0.05) is 25.5 Å². The number of benzene rings is 1. The highest BCUT2D eigenvalue weighted by molar-refractivity contribution is 5.99. The Labute approximate surface area is 105 Å². The average molecular weight is 251 g/mol. The summed E-state index contributed by atoms with van der Waals surface area (Å²) in [5, 5.41) is 21.1. The minimum Gasteiger partial charge on any atom is -0.507 e. The van der Waals surface area contributed by atoms with Gasteiger partial charge in [0.1, 0.15) is 11.8 Å². The van der Waals surface area contributed by atoms with Crippen LogP contribution >= 0.6 is 0 Å². The van der Waals surface area contributed by atoms with Crippen molar-refractivity contribution in [1.82, 2.24) is 5.32 Å². The third kappa shape index (κ3) is 3.23. The molecule has 0 aliphatic heterocycles. The normalized spacial score (nSPS) is 11.9. The highest BCUT2D eigenvalue weighted by Gasteiger charge is 2.21. The van der Waals surface area contributed by atoms with Crippen LogP contribution in [0.25, 0.3) is 0 Å². The quantitative estimate of drug-likeness (QED) is 0.743. The van der Waals surface area contributed by atoms with Crippen molar-refractivity contribution >= 4 is 11.9 Å². The van der Waals surface area contributed by atoms with Gasteiger partial charge in [-0.25, -0.2) is 4.79 Å². The van der Waals surface area contributed by atoms with Crippen LogP contribution in [0, 0.1) is 6.92 Å². The first-order chi connectivity index (χ1) is 8.47. The average Bonchev–Trinajstić information content (AvgIpc) is 2.31. The van der Waals surface area contributed by atoms with Gasteiger partial charge in [-0.2, -0.15) is 0 Å². The first-order valence-electron chi connectivity index (χ1n) is 5.79. The lowest BCUT2D eigenvalue weighted by molar-refractivity contribution is -0.139. The molecule has 5 heteroatoms. The topological polar surface area (TPSA) is 86.6 Å². The zero-order valence-corrected chi connectivity index (χ0v) is 10.4. The van der Waals surface area contributed by atoms with Crippen molar-refractivity contribution in [3.05, 3.63) is 29.3 Å². The number of hydrogen-bond acceptors (Lipinski definition) is 3. The number of para-hydroxylation sites is 1. The molecule has 0 saturated carbocycles. The molecule has 5 nitrogen and oxygen atoms in total. The zero-order valence-electron chi connectivity index (χ0n) is 10.4. The summed E-state index contributed by atoms with van der Waals surface area (Å²) in [4.78, 5) is 22.8. The number of carbonyl (C=O) groups excluding carboxylic acids is 1. The Hall–Kier alpha value is -2.04. The molecule has 1 amide bonds. The van der Waals surface area contributed by atoms with Gasteiger partial charge >= 0.3 is 5.97 Å². The van der Waals surface area contributed by atoms with Gasteiger partial charge in [0.15, 0.2) is 0 Å². The molecule has 1 rings (SSSR count). The summed E-state index contributed by atoms with van der Waals surface area (Å²) in [5.74, 6) is -1.76. The highest BCUT2D eigenvalue weighted by atomic mass is 16.4. The number of rotatable bonds is 5. The molecular weight excluding hydrogens is 234 g/mol. The molecule has 0 aliphatic rings. The predicted octanol–water partition coefficient (Wildman–Crippen LogP) is 1.68. The second-order valence-corrected chi connectivity index (χ2v) is 4.12. The van der Waals surface area contributed by atoms with Gasteiger partial charge in [0.05, 0.1) is 5.56 Å². The maximum atomic E-state index is 11.9. The third-order valence-electron chi connectivity index (χ3n) is 2.66.